The molecule has 0 aliphatic heterocycles. The highest BCUT2D eigenvalue weighted by molar-refractivity contribution is 5.86. The Labute approximate surface area is 129 Å². The number of methoxy groups -OCH3 is 2. The van der Waals surface area contributed by atoms with Gasteiger partial charge < -0.3 is 14.8 Å². The van der Waals surface area contributed by atoms with Crippen LogP contribution in [-0.4, -0.2) is 51.2 Å². The van der Waals surface area contributed by atoms with Crippen LogP contribution in [0.4, 0.5) is 0 Å². The van der Waals surface area contributed by atoms with Gasteiger partial charge in [-0.2, -0.15) is 0 Å². The highest BCUT2D eigenvalue weighted by Crippen LogP contribution is 2.03. The van der Waals surface area contributed by atoms with Crippen LogP contribution in [0.25, 0.3) is 0 Å². The number of carbonyl (C=O) groups excluding carboxylic acids is 3. The van der Waals surface area contributed by atoms with Crippen molar-refractivity contribution in [1.82, 2.24) is 10.6 Å². The van der Waals surface area contributed by atoms with Crippen molar-refractivity contribution in [2.45, 2.75) is 12.5 Å². The Bertz CT molecular complexity index is 504. The molecular weight excluding hydrogens is 288 g/mol. The molecule has 0 heterocycles. The van der Waals surface area contributed by atoms with Crippen LogP contribution in [0.3, 0.4) is 0 Å². The number of esters is 2. The van der Waals surface area contributed by atoms with E-state index in [1.807, 2.05) is 30.3 Å². The van der Waals surface area contributed by atoms with Crippen molar-refractivity contribution >= 4 is 17.8 Å². The fourth-order valence-corrected chi connectivity index (χ4v) is 1.74. The summed E-state index contributed by atoms with van der Waals surface area (Å²) >= 11 is 0. The summed E-state index contributed by atoms with van der Waals surface area (Å²) in [5, 5.41) is 5.29. The first-order valence-corrected chi connectivity index (χ1v) is 6.75. The zero-order chi connectivity index (χ0) is 16.4. The summed E-state index contributed by atoms with van der Waals surface area (Å²) < 4.78 is 9.00. The molecule has 0 fully saturated rings. The molecule has 1 atom stereocenters. The van der Waals surface area contributed by atoms with Gasteiger partial charge in [0, 0.05) is 0 Å². The van der Waals surface area contributed by atoms with E-state index in [-0.39, 0.29) is 13.1 Å². The topological polar surface area (TPSA) is 93.7 Å². The minimum atomic E-state index is -0.661. The van der Waals surface area contributed by atoms with E-state index in [4.69, 9.17) is 0 Å². The maximum atomic E-state index is 12.1. The second kappa shape index (κ2) is 9.51. The van der Waals surface area contributed by atoms with Crippen LogP contribution in [0.1, 0.15) is 5.56 Å². The van der Waals surface area contributed by atoms with E-state index in [9.17, 15) is 14.4 Å². The van der Waals surface area contributed by atoms with Crippen molar-refractivity contribution < 1.29 is 23.9 Å². The van der Waals surface area contributed by atoms with E-state index in [1.165, 1.54) is 14.2 Å². The van der Waals surface area contributed by atoms with Gasteiger partial charge in [-0.1, -0.05) is 30.3 Å². The summed E-state index contributed by atoms with van der Waals surface area (Å²) in [6, 6.07) is 8.68. The lowest BCUT2D eigenvalue weighted by Crippen LogP contribution is -2.48. The number of hydrogen-bond acceptors (Lipinski definition) is 6. The first kappa shape index (κ1) is 17.6. The predicted molar refractivity (Wildman–Crippen MR) is 79.0 cm³/mol. The number of carbonyl (C=O) groups is 3. The molecule has 0 aliphatic carbocycles. The molecule has 1 aromatic carbocycles. The molecule has 0 aromatic heterocycles. The third kappa shape index (κ3) is 6.36. The average Bonchev–Trinajstić information content (AvgIpc) is 2.56. The SMILES string of the molecule is COC(=O)CNC(=O)C(Cc1ccccc1)NCC(=O)OC. The van der Waals surface area contributed by atoms with Crippen LogP contribution >= 0.6 is 0 Å². The molecule has 22 heavy (non-hydrogen) atoms. The molecule has 0 bridgehead atoms. The highest BCUT2D eigenvalue weighted by Gasteiger charge is 2.20. The van der Waals surface area contributed by atoms with E-state index in [2.05, 4.69) is 20.1 Å². The molecular formula is C15H20N2O5. The fraction of sp³-hybridized carbons (Fsp3) is 0.400. The minimum absolute atomic E-state index is 0.0976. The van der Waals surface area contributed by atoms with E-state index in [1.54, 1.807) is 0 Å². The molecule has 0 radical (unpaired) electrons. The van der Waals surface area contributed by atoms with Gasteiger partial charge in [-0.15, -0.1) is 0 Å². The second-order valence-corrected chi connectivity index (χ2v) is 4.49. The Morgan fingerprint density at radius 3 is 2.18 bits per heavy atom. The highest BCUT2D eigenvalue weighted by atomic mass is 16.5. The molecule has 1 unspecified atom stereocenters. The molecule has 1 amide bonds. The molecule has 0 saturated heterocycles. The standard InChI is InChI=1S/C15H20N2O5/c1-21-13(18)9-16-12(8-11-6-4-3-5-7-11)15(20)17-10-14(19)22-2/h3-7,12,16H,8-10H2,1-2H3,(H,17,20). The zero-order valence-electron chi connectivity index (χ0n) is 12.6. The van der Waals surface area contributed by atoms with Crippen LogP contribution in [0.15, 0.2) is 30.3 Å². The van der Waals surface area contributed by atoms with Gasteiger partial charge in [0.25, 0.3) is 0 Å². The van der Waals surface area contributed by atoms with E-state index in [0.717, 1.165) is 5.56 Å². The second-order valence-electron chi connectivity index (χ2n) is 4.49. The van der Waals surface area contributed by atoms with Crippen molar-refractivity contribution in [2.24, 2.45) is 0 Å². The molecule has 0 saturated carbocycles. The Morgan fingerprint density at radius 2 is 1.59 bits per heavy atom. The summed E-state index contributed by atoms with van der Waals surface area (Å²) in [7, 11) is 2.51. The molecule has 7 heteroatoms. The molecule has 120 valence electrons. The van der Waals surface area contributed by atoms with Gasteiger partial charge in [-0.05, 0) is 12.0 Å². The monoisotopic (exact) mass is 308 g/mol. The largest absolute Gasteiger partial charge is 0.468 e. The Kier molecular flexibility index (Phi) is 7.63. The van der Waals surface area contributed by atoms with E-state index < -0.39 is 23.9 Å². The maximum Gasteiger partial charge on any atom is 0.325 e. The molecule has 0 aliphatic rings. The van der Waals surface area contributed by atoms with Gasteiger partial charge in [0.1, 0.15) is 6.54 Å². The van der Waals surface area contributed by atoms with Crippen molar-refractivity contribution in [3.63, 3.8) is 0 Å². The summed E-state index contributed by atoms with van der Waals surface area (Å²) in [5.74, 6) is -1.41. The summed E-state index contributed by atoms with van der Waals surface area (Å²) in [6.45, 7) is -0.319. The number of nitrogens with one attached hydrogen (secondary N) is 2. The minimum Gasteiger partial charge on any atom is -0.468 e. The number of hydrogen-bond donors (Lipinski definition) is 2. The maximum absolute atomic E-state index is 12.1. The zero-order valence-corrected chi connectivity index (χ0v) is 12.6. The summed E-state index contributed by atoms with van der Waals surface area (Å²) in [6.07, 6.45) is 0.380. The summed E-state index contributed by atoms with van der Waals surface area (Å²) in [5.41, 5.74) is 0.929. The first-order chi connectivity index (χ1) is 10.6. The van der Waals surface area contributed by atoms with Crippen molar-refractivity contribution in [1.29, 1.82) is 0 Å². The number of benzene rings is 1. The lowest BCUT2D eigenvalue weighted by molar-refractivity contribution is -0.142. The molecule has 1 aromatic rings. The third-order valence-electron chi connectivity index (χ3n) is 2.95. The van der Waals surface area contributed by atoms with E-state index >= 15 is 0 Å². The van der Waals surface area contributed by atoms with Crippen molar-refractivity contribution in [2.75, 3.05) is 27.3 Å². The molecule has 0 spiro atoms. The quantitative estimate of drug-likeness (QED) is 0.638. The third-order valence-corrected chi connectivity index (χ3v) is 2.95. The van der Waals surface area contributed by atoms with Gasteiger partial charge in [0.2, 0.25) is 5.91 Å². The van der Waals surface area contributed by atoms with Gasteiger partial charge in [0.15, 0.2) is 0 Å². The average molecular weight is 308 g/mol. The molecule has 1 rings (SSSR count). The van der Waals surface area contributed by atoms with Gasteiger partial charge in [0.05, 0.1) is 26.8 Å². The van der Waals surface area contributed by atoms with Crippen LogP contribution in [-0.2, 0) is 30.3 Å². The first-order valence-electron chi connectivity index (χ1n) is 6.75. The lowest BCUT2D eigenvalue weighted by Gasteiger charge is -2.17. The Balaban J connectivity index is 2.65. The number of amides is 1. The van der Waals surface area contributed by atoms with Crippen molar-refractivity contribution in [3.05, 3.63) is 35.9 Å². The van der Waals surface area contributed by atoms with Gasteiger partial charge in [-0.3, -0.25) is 19.7 Å². The normalized spacial score (nSPS) is 11.4. The number of ether oxygens (including phenoxy) is 2. The lowest BCUT2D eigenvalue weighted by atomic mass is 10.1. The van der Waals surface area contributed by atoms with Crippen LogP contribution in [0.5, 0.6) is 0 Å². The van der Waals surface area contributed by atoms with Crippen LogP contribution in [0, 0.1) is 0 Å². The Morgan fingerprint density at radius 1 is 1.00 bits per heavy atom. The predicted octanol–water partition coefficient (Wildman–Crippen LogP) is -0.350. The van der Waals surface area contributed by atoms with Crippen LogP contribution in [0.2, 0.25) is 0 Å². The molecule has 2 N–H and O–H groups in total. The number of rotatable bonds is 8. The van der Waals surface area contributed by atoms with Crippen molar-refractivity contribution in [3.8, 4) is 0 Å². The smallest absolute Gasteiger partial charge is 0.325 e. The molecule has 7 nitrogen and oxygen atoms in total. The van der Waals surface area contributed by atoms with Gasteiger partial charge in [-0.25, -0.2) is 0 Å². The Hall–Kier alpha value is -2.41. The van der Waals surface area contributed by atoms with Gasteiger partial charge >= 0.3 is 11.9 Å². The summed E-state index contributed by atoms with van der Waals surface area (Å²) in [4.78, 5) is 34.4. The fourth-order valence-electron chi connectivity index (χ4n) is 1.74. The van der Waals surface area contributed by atoms with Crippen LogP contribution < -0.4 is 10.6 Å². The van der Waals surface area contributed by atoms with E-state index in [0.29, 0.717) is 6.42 Å².